The van der Waals surface area contributed by atoms with Crippen molar-refractivity contribution in [1.82, 2.24) is 0 Å². The fourth-order valence-corrected chi connectivity index (χ4v) is 2.20. The lowest BCUT2D eigenvalue weighted by molar-refractivity contribution is -0.117. The molecule has 0 aromatic heterocycles. The fraction of sp³-hybridized carbons (Fsp3) is 0.133. The molecule has 0 radical (unpaired) electrons. The topological polar surface area (TPSA) is 17.1 Å². The van der Waals surface area contributed by atoms with Crippen LogP contribution in [0.4, 0.5) is 8.78 Å². The van der Waals surface area contributed by atoms with Gasteiger partial charge in [-0.25, -0.2) is 8.78 Å². The predicted octanol–water partition coefficient (Wildman–Crippen LogP) is 4.08. The van der Waals surface area contributed by atoms with Crippen molar-refractivity contribution in [3.63, 3.8) is 0 Å². The van der Waals surface area contributed by atoms with Gasteiger partial charge in [-0.3, -0.25) is 4.79 Å². The molecule has 0 spiro atoms. The van der Waals surface area contributed by atoms with Gasteiger partial charge in [-0.05, 0) is 51.3 Å². The number of hydrogen-bond acceptors (Lipinski definition) is 1. The maximum absolute atomic E-state index is 13.1. The van der Waals surface area contributed by atoms with Crippen LogP contribution in [0.5, 0.6) is 0 Å². The van der Waals surface area contributed by atoms with E-state index in [0.29, 0.717) is 4.47 Å². The second-order valence-electron chi connectivity index (χ2n) is 4.27. The lowest BCUT2D eigenvalue weighted by atomic mass is 10.0. The summed E-state index contributed by atoms with van der Waals surface area (Å²) in [6.45, 7) is 0. The van der Waals surface area contributed by atoms with Crippen molar-refractivity contribution >= 4 is 21.7 Å². The molecule has 0 aliphatic heterocycles. The van der Waals surface area contributed by atoms with Crippen LogP contribution in [0.25, 0.3) is 0 Å². The highest BCUT2D eigenvalue weighted by Crippen LogP contribution is 2.17. The quantitative estimate of drug-likeness (QED) is 0.828. The van der Waals surface area contributed by atoms with Crippen molar-refractivity contribution in [2.24, 2.45) is 0 Å². The lowest BCUT2D eigenvalue weighted by Crippen LogP contribution is -2.06. The van der Waals surface area contributed by atoms with Crippen molar-refractivity contribution in [2.75, 3.05) is 0 Å². The summed E-state index contributed by atoms with van der Waals surface area (Å²) in [5, 5.41) is 0. The van der Waals surface area contributed by atoms with E-state index in [-0.39, 0.29) is 30.3 Å². The van der Waals surface area contributed by atoms with E-state index in [4.69, 9.17) is 0 Å². The molecule has 0 bridgehead atoms. The van der Waals surface area contributed by atoms with Crippen LogP contribution >= 0.6 is 15.9 Å². The van der Waals surface area contributed by atoms with Gasteiger partial charge in [0.1, 0.15) is 17.4 Å². The Morgan fingerprint density at radius 3 is 2.16 bits per heavy atom. The minimum Gasteiger partial charge on any atom is -0.299 e. The van der Waals surface area contributed by atoms with Gasteiger partial charge in [0.05, 0.1) is 4.47 Å². The highest BCUT2D eigenvalue weighted by molar-refractivity contribution is 9.10. The summed E-state index contributed by atoms with van der Waals surface area (Å²) in [5.74, 6) is -0.668. The number of rotatable bonds is 4. The second kappa shape index (κ2) is 6.06. The summed E-state index contributed by atoms with van der Waals surface area (Å²) in [5.41, 5.74) is 1.52. The number of ketones is 1. The standard InChI is InChI=1S/C15H11BrF2O/c16-14-9-11(3-6-15(14)18)8-13(19)7-10-1-4-12(17)5-2-10/h1-6,9H,7-8H2. The third-order valence-corrected chi connectivity index (χ3v) is 3.31. The van der Waals surface area contributed by atoms with Crippen molar-refractivity contribution < 1.29 is 13.6 Å². The Morgan fingerprint density at radius 2 is 1.53 bits per heavy atom. The van der Waals surface area contributed by atoms with E-state index in [2.05, 4.69) is 15.9 Å². The van der Waals surface area contributed by atoms with Crippen molar-refractivity contribution in [1.29, 1.82) is 0 Å². The van der Waals surface area contributed by atoms with Gasteiger partial charge in [-0.15, -0.1) is 0 Å². The largest absolute Gasteiger partial charge is 0.299 e. The maximum Gasteiger partial charge on any atom is 0.141 e. The molecule has 4 heteroatoms. The van der Waals surface area contributed by atoms with Crippen LogP contribution < -0.4 is 0 Å². The Hall–Kier alpha value is -1.55. The summed E-state index contributed by atoms with van der Waals surface area (Å²) in [6.07, 6.45) is 0.478. The maximum atomic E-state index is 13.1. The number of hydrogen-bond donors (Lipinski definition) is 0. The number of benzene rings is 2. The molecule has 0 heterocycles. The molecule has 0 aliphatic carbocycles. The molecule has 0 atom stereocenters. The first-order valence-corrected chi connectivity index (χ1v) is 6.54. The zero-order chi connectivity index (χ0) is 13.8. The Balaban J connectivity index is 2.01. The molecule has 0 N–H and O–H groups in total. The van der Waals surface area contributed by atoms with E-state index in [1.165, 1.54) is 18.2 Å². The molecule has 0 unspecified atom stereocenters. The molecule has 0 saturated carbocycles. The Labute approximate surface area is 118 Å². The van der Waals surface area contributed by atoms with Gasteiger partial charge >= 0.3 is 0 Å². The van der Waals surface area contributed by atoms with E-state index < -0.39 is 0 Å². The first kappa shape index (κ1) is 13.9. The van der Waals surface area contributed by atoms with Crippen LogP contribution in [-0.4, -0.2) is 5.78 Å². The van der Waals surface area contributed by atoms with E-state index in [1.54, 1.807) is 24.3 Å². The summed E-state index contributed by atoms with van der Waals surface area (Å²) >= 11 is 3.08. The molecule has 1 nitrogen and oxygen atoms in total. The Bertz CT molecular complexity index is 594. The van der Waals surface area contributed by atoms with Crippen molar-refractivity contribution in [3.05, 3.63) is 69.7 Å². The first-order chi connectivity index (χ1) is 9.04. The number of carbonyl (C=O) groups excluding carboxylic acids is 1. The first-order valence-electron chi connectivity index (χ1n) is 5.74. The van der Waals surface area contributed by atoms with E-state index in [1.807, 2.05) is 0 Å². The Kier molecular flexibility index (Phi) is 4.43. The van der Waals surface area contributed by atoms with Crippen LogP contribution in [0.3, 0.4) is 0 Å². The third-order valence-electron chi connectivity index (χ3n) is 2.70. The van der Waals surface area contributed by atoms with Gasteiger partial charge in [-0.1, -0.05) is 18.2 Å². The fourth-order valence-electron chi connectivity index (χ4n) is 1.77. The van der Waals surface area contributed by atoms with E-state index in [0.717, 1.165) is 11.1 Å². The van der Waals surface area contributed by atoms with Crippen LogP contribution in [-0.2, 0) is 17.6 Å². The second-order valence-corrected chi connectivity index (χ2v) is 5.12. The molecule has 0 fully saturated rings. The minimum atomic E-state index is -0.352. The number of Topliss-reactive ketones (excluding diaryl/α,β-unsaturated/α-hetero) is 1. The average Bonchev–Trinajstić information content (AvgIpc) is 2.37. The van der Waals surface area contributed by atoms with E-state index >= 15 is 0 Å². The van der Waals surface area contributed by atoms with Gasteiger partial charge in [0.2, 0.25) is 0 Å². The van der Waals surface area contributed by atoms with Crippen LogP contribution in [0.1, 0.15) is 11.1 Å². The average molecular weight is 325 g/mol. The molecule has 19 heavy (non-hydrogen) atoms. The normalized spacial score (nSPS) is 10.5. The third kappa shape index (κ3) is 3.96. The molecule has 2 aromatic carbocycles. The summed E-state index contributed by atoms with van der Waals surface area (Å²) in [6, 6.07) is 10.3. The number of carbonyl (C=O) groups is 1. The summed E-state index contributed by atoms with van der Waals surface area (Å²) < 4.78 is 26.1. The highest BCUT2D eigenvalue weighted by Gasteiger charge is 2.07. The van der Waals surface area contributed by atoms with E-state index in [9.17, 15) is 13.6 Å². The lowest BCUT2D eigenvalue weighted by Gasteiger charge is -2.03. The molecule has 2 rings (SSSR count). The van der Waals surface area contributed by atoms with Gasteiger partial charge < -0.3 is 0 Å². The molecular formula is C15H11BrF2O. The monoisotopic (exact) mass is 324 g/mol. The molecular weight excluding hydrogens is 314 g/mol. The predicted molar refractivity (Wildman–Crippen MR) is 72.9 cm³/mol. The number of halogens is 3. The zero-order valence-corrected chi connectivity index (χ0v) is 11.6. The summed E-state index contributed by atoms with van der Waals surface area (Å²) in [4.78, 5) is 11.9. The Morgan fingerprint density at radius 1 is 0.947 bits per heavy atom. The van der Waals surface area contributed by atoms with Gasteiger partial charge in [0.25, 0.3) is 0 Å². The van der Waals surface area contributed by atoms with Crippen molar-refractivity contribution in [2.45, 2.75) is 12.8 Å². The van der Waals surface area contributed by atoms with Crippen LogP contribution in [0.2, 0.25) is 0 Å². The van der Waals surface area contributed by atoms with Crippen LogP contribution in [0.15, 0.2) is 46.9 Å². The molecule has 0 aliphatic rings. The smallest absolute Gasteiger partial charge is 0.141 e. The molecule has 98 valence electrons. The van der Waals surface area contributed by atoms with Gasteiger partial charge in [0.15, 0.2) is 0 Å². The molecule has 0 amide bonds. The zero-order valence-electron chi connectivity index (χ0n) is 10.00. The SMILES string of the molecule is O=C(Cc1ccc(F)cc1)Cc1ccc(F)c(Br)c1. The highest BCUT2D eigenvalue weighted by atomic mass is 79.9. The van der Waals surface area contributed by atoms with Crippen LogP contribution in [0, 0.1) is 11.6 Å². The van der Waals surface area contributed by atoms with Gasteiger partial charge in [-0.2, -0.15) is 0 Å². The summed E-state index contributed by atoms with van der Waals surface area (Å²) in [7, 11) is 0. The molecule has 2 aromatic rings. The van der Waals surface area contributed by atoms with Crippen molar-refractivity contribution in [3.8, 4) is 0 Å². The minimum absolute atomic E-state index is 0.00474. The van der Waals surface area contributed by atoms with Gasteiger partial charge in [0, 0.05) is 12.8 Å². The molecule has 0 saturated heterocycles.